The van der Waals surface area contributed by atoms with Crippen LogP contribution in [-0.2, 0) is 16.1 Å². The molecule has 2 aromatic carbocycles. The molecule has 0 aliphatic heterocycles. The van der Waals surface area contributed by atoms with E-state index >= 15 is 0 Å². The SMILES string of the molecule is C=O.C=O.CCCn1cc(-c2cnc3ccc(N(CC4CC4)c4cc(OC)cc(OCCO)c4)cc3n2)cn1. The first-order chi connectivity index (χ1) is 19.2. The summed E-state index contributed by atoms with van der Waals surface area (Å²) in [6.45, 7) is 8.11. The first kappa shape index (κ1) is 29.2. The van der Waals surface area contributed by atoms with Gasteiger partial charge in [0.1, 0.15) is 31.7 Å². The van der Waals surface area contributed by atoms with Crippen molar-refractivity contribution in [1.82, 2.24) is 19.7 Å². The minimum Gasteiger partial charge on any atom is -0.497 e. The van der Waals surface area contributed by atoms with Crippen LogP contribution in [0.1, 0.15) is 26.2 Å². The van der Waals surface area contributed by atoms with Crippen molar-refractivity contribution in [2.45, 2.75) is 32.7 Å². The van der Waals surface area contributed by atoms with Crippen LogP contribution in [0.25, 0.3) is 22.3 Å². The van der Waals surface area contributed by atoms with E-state index in [0.29, 0.717) is 17.4 Å². The molecule has 0 spiro atoms. The maximum absolute atomic E-state index is 9.19. The number of hydrogen-bond donors (Lipinski definition) is 1. The molecule has 0 amide bonds. The van der Waals surface area contributed by atoms with E-state index in [1.54, 1.807) is 7.11 Å². The Balaban J connectivity index is 0.00000100. The number of nitrogens with zero attached hydrogens (tertiary/aromatic N) is 5. The monoisotopic (exact) mass is 533 g/mol. The third kappa shape index (κ3) is 7.61. The Bertz CT molecular complexity index is 1340. The van der Waals surface area contributed by atoms with E-state index < -0.39 is 0 Å². The van der Waals surface area contributed by atoms with Gasteiger partial charge < -0.3 is 29.1 Å². The Morgan fingerprint density at radius 3 is 2.49 bits per heavy atom. The summed E-state index contributed by atoms with van der Waals surface area (Å²) in [7, 11) is 1.65. The Labute approximate surface area is 228 Å². The number of aliphatic hydroxyl groups excluding tert-OH is 1. The maximum Gasteiger partial charge on any atom is 0.125 e. The molecule has 0 atom stereocenters. The molecular formula is C29H35N5O5. The molecule has 0 unspecified atom stereocenters. The van der Waals surface area contributed by atoms with Crippen LogP contribution in [0.15, 0.2) is 55.0 Å². The standard InChI is InChI=1S/C27H31N5O3.2CH2O/c1-3-8-31-18-20(15-29-31)27-16-28-25-7-6-21(13-26(25)30-27)32(17-19-4-5-19)22-11-23(34-2)14-24(12-22)35-10-9-33;2*1-2/h6-7,11-16,18-19,33H,3-5,8-10,17H2,1-2H3;2*1H2. The summed E-state index contributed by atoms with van der Waals surface area (Å²) in [5, 5.41) is 13.6. The second kappa shape index (κ2) is 14.6. The van der Waals surface area contributed by atoms with Crippen LogP contribution in [0.5, 0.6) is 11.5 Å². The number of anilines is 2. The van der Waals surface area contributed by atoms with E-state index in [2.05, 4.69) is 34.0 Å². The van der Waals surface area contributed by atoms with Gasteiger partial charge in [0.25, 0.3) is 0 Å². The topological polar surface area (TPSA) is 120 Å². The number of carbonyl (C=O) groups is 2. The molecule has 5 rings (SSSR count). The van der Waals surface area contributed by atoms with Gasteiger partial charge in [-0.1, -0.05) is 6.92 Å². The van der Waals surface area contributed by atoms with E-state index in [1.807, 2.05) is 61.1 Å². The van der Waals surface area contributed by atoms with Gasteiger partial charge in [-0.25, -0.2) is 4.98 Å². The molecule has 1 N–H and O–H groups in total. The predicted molar refractivity (Wildman–Crippen MR) is 151 cm³/mol. The van der Waals surface area contributed by atoms with Crippen LogP contribution >= 0.6 is 0 Å². The summed E-state index contributed by atoms with van der Waals surface area (Å²) < 4.78 is 13.2. The van der Waals surface area contributed by atoms with Crippen LogP contribution < -0.4 is 14.4 Å². The van der Waals surface area contributed by atoms with E-state index in [-0.39, 0.29) is 13.2 Å². The molecule has 2 aromatic heterocycles. The zero-order valence-electron chi connectivity index (χ0n) is 22.5. The fourth-order valence-corrected chi connectivity index (χ4v) is 4.15. The highest BCUT2D eigenvalue weighted by Gasteiger charge is 2.26. The highest BCUT2D eigenvalue weighted by molar-refractivity contribution is 5.82. The number of fused-ring (bicyclic) bond motifs is 1. The number of aliphatic hydroxyl groups is 1. The first-order valence-electron chi connectivity index (χ1n) is 12.7. The second-order valence-corrected chi connectivity index (χ2v) is 8.91. The van der Waals surface area contributed by atoms with Gasteiger partial charge in [0, 0.05) is 54.4 Å². The van der Waals surface area contributed by atoms with Crippen LogP contribution in [0.3, 0.4) is 0 Å². The van der Waals surface area contributed by atoms with Crippen molar-refractivity contribution in [3.8, 4) is 22.8 Å². The summed E-state index contributed by atoms with van der Waals surface area (Å²) in [5.74, 6) is 2.03. The summed E-state index contributed by atoms with van der Waals surface area (Å²) in [5.41, 5.74) is 5.48. The molecule has 0 saturated heterocycles. The smallest absolute Gasteiger partial charge is 0.125 e. The largest absolute Gasteiger partial charge is 0.497 e. The van der Waals surface area contributed by atoms with Crippen molar-refractivity contribution < 1.29 is 24.2 Å². The lowest BCUT2D eigenvalue weighted by Gasteiger charge is -2.26. The van der Waals surface area contributed by atoms with Crippen LogP contribution in [-0.4, -0.2) is 65.3 Å². The molecule has 4 aromatic rings. The van der Waals surface area contributed by atoms with Gasteiger partial charge in [-0.15, -0.1) is 0 Å². The number of carbonyl (C=O) groups excluding carboxylic acids is 2. The summed E-state index contributed by atoms with van der Waals surface area (Å²) in [4.78, 5) is 27.9. The lowest BCUT2D eigenvalue weighted by Crippen LogP contribution is -2.20. The molecule has 10 nitrogen and oxygen atoms in total. The van der Waals surface area contributed by atoms with Crippen molar-refractivity contribution in [2.24, 2.45) is 5.92 Å². The van der Waals surface area contributed by atoms with Gasteiger partial charge in [-0.3, -0.25) is 9.67 Å². The number of benzene rings is 2. The first-order valence-corrected chi connectivity index (χ1v) is 12.7. The summed E-state index contributed by atoms with van der Waals surface area (Å²) >= 11 is 0. The van der Waals surface area contributed by atoms with Crippen molar-refractivity contribution in [2.75, 3.05) is 31.8 Å². The minimum atomic E-state index is -0.0403. The number of rotatable bonds is 11. The molecule has 10 heteroatoms. The van der Waals surface area contributed by atoms with Gasteiger partial charge in [-0.05, 0) is 43.4 Å². The van der Waals surface area contributed by atoms with Crippen LogP contribution in [0.2, 0.25) is 0 Å². The number of methoxy groups -OCH3 is 1. The summed E-state index contributed by atoms with van der Waals surface area (Å²) in [6, 6.07) is 12.1. The number of aryl methyl sites for hydroxylation is 1. The quantitative estimate of drug-likeness (QED) is 0.298. The van der Waals surface area contributed by atoms with Crippen molar-refractivity contribution in [1.29, 1.82) is 0 Å². The van der Waals surface area contributed by atoms with Crippen LogP contribution in [0.4, 0.5) is 11.4 Å². The molecule has 1 saturated carbocycles. The van der Waals surface area contributed by atoms with E-state index in [0.717, 1.165) is 53.2 Å². The van der Waals surface area contributed by atoms with Gasteiger partial charge in [-0.2, -0.15) is 5.10 Å². The Hall–Kier alpha value is -4.31. The third-order valence-corrected chi connectivity index (χ3v) is 6.13. The fraction of sp³-hybridized carbons (Fsp3) is 0.345. The molecule has 1 aliphatic carbocycles. The second-order valence-electron chi connectivity index (χ2n) is 8.91. The zero-order valence-corrected chi connectivity index (χ0v) is 22.5. The lowest BCUT2D eigenvalue weighted by atomic mass is 10.1. The molecule has 0 radical (unpaired) electrons. The van der Waals surface area contributed by atoms with E-state index in [9.17, 15) is 5.11 Å². The average molecular weight is 534 g/mol. The van der Waals surface area contributed by atoms with E-state index in [1.165, 1.54) is 12.8 Å². The van der Waals surface area contributed by atoms with Gasteiger partial charge in [0.05, 0.1) is 42.8 Å². The fourth-order valence-electron chi connectivity index (χ4n) is 4.15. The van der Waals surface area contributed by atoms with Crippen LogP contribution in [0, 0.1) is 5.92 Å². The highest BCUT2D eigenvalue weighted by atomic mass is 16.5. The molecule has 2 heterocycles. The molecule has 1 aliphatic rings. The average Bonchev–Trinajstić information content (AvgIpc) is 3.70. The Morgan fingerprint density at radius 2 is 1.79 bits per heavy atom. The molecule has 206 valence electrons. The molecule has 0 bridgehead atoms. The predicted octanol–water partition coefficient (Wildman–Crippen LogP) is 4.46. The maximum atomic E-state index is 9.19. The van der Waals surface area contributed by atoms with Crippen molar-refractivity contribution >= 4 is 36.0 Å². The van der Waals surface area contributed by atoms with Crippen molar-refractivity contribution in [3.63, 3.8) is 0 Å². The van der Waals surface area contributed by atoms with E-state index in [4.69, 9.17) is 24.0 Å². The van der Waals surface area contributed by atoms with Gasteiger partial charge in [0.2, 0.25) is 0 Å². The van der Waals surface area contributed by atoms with Gasteiger partial charge in [0.15, 0.2) is 0 Å². The Kier molecular flexibility index (Phi) is 10.9. The third-order valence-electron chi connectivity index (χ3n) is 6.13. The minimum absolute atomic E-state index is 0.0403. The molecule has 1 fully saturated rings. The number of hydrogen-bond acceptors (Lipinski definition) is 9. The molecule has 39 heavy (non-hydrogen) atoms. The normalized spacial score (nSPS) is 12.1. The van der Waals surface area contributed by atoms with Gasteiger partial charge >= 0.3 is 0 Å². The zero-order chi connectivity index (χ0) is 28.2. The summed E-state index contributed by atoms with van der Waals surface area (Å²) in [6.07, 6.45) is 9.17. The number of aromatic nitrogens is 4. The van der Waals surface area contributed by atoms with Crippen molar-refractivity contribution in [3.05, 3.63) is 55.0 Å². The Morgan fingerprint density at radius 1 is 1.03 bits per heavy atom. The lowest BCUT2D eigenvalue weighted by molar-refractivity contribution is -0.0987. The molecular weight excluding hydrogens is 498 g/mol. The number of ether oxygens (including phenoxy) is 2. The highest BCUT2D eigenvalue weighted by Crippen LogP contribution is 2.38.